The molecule has 2 N–H and O–H groups in total. The number of hydrogen-bond donors (Lipinski definition) is 2. The molecule has 8 nitrogen and oxygen atoms in total. The molecule has 0 radical (unpaired) electrons. The van der Waals surface area contributed by atoms with Crippen molar-refractivity contribution in [1.82, 2.24) is 25.1 Å². The molecule has 2 heterocycles. The van der Waals surface area contributed by atoms with Gasteiger partial charge in [0.05, 0.1) is 18.1 Å². The second-order valence-electron chi connectivity index (χ2n) is 6.39. The zero-order valence-corrected chi connectivity index (χ0v) is 17.8. The number of anilines is 1. The molecule has 1 amide bonds. The Hall–Kier alpha value is -2.88. The van der Waals surface area contributed by atoms with Crippen LogP contribution in [-0.2, 0) is 11.3 Å². The molecule has 0 aliphatic carbocycles. The summed E-state index contributed by atoms with van der Waals surface area (Å²) >= 11 is 1.56. The molecule has 3 aromatic rings. The van der Waals surface area contributed by atoms with Crippen LogP contribution in [0.5, 0.6) is 5.75 Å². The molecule has 0 fully saturated rings. The predicted molar refractivity (Wildman–Crippen MR) is 115 cm³/mol. The third-order valence-corrected chi connectivity index (χ3v) is 4.86. The van der Waals surface area contributed by atoms with E-state index in [0.29, 0.717) is 18.2 Å². The molecule has 0 aliphatic heterocycles. The van der Waals surface area contributed by atoms with Gasteiger partial charge in [0.1, 0.15) is 5.82 Å². The quantitative estimate of drug-likeness (QED) is 0.355. The summed E-state index contributed by atoms with van der Waals surface area (Å²) in [7, 11) is 0. The highest BCUT2D eigenvalue weighted by Gasteiger charge is 2.13. The van der Waals surface area contributed by atoms with Crippen LogP contribution in [0, 0.1) is 5.82 Å². The standard InChI is InChI=1S/C20H25FN6O2S/c1-3-9-23-18-14-12-24-27(19(14)26-20(25-18)30-4-2)11-10-22-17(28)13-29-16-8-6-5-7-15(16)21/h5-8,12H,3-4,9-11,13H2,1-2H3,(H,22,28)(H,23,25,26). The number of ether oxygens (including phenoxy) is 1. The first kappa shape index (κ1) is 21.8. The molecule has 0 spiro atoms. The molecule has 2 aromatic heterocycles. The maximum Gasteiger partial charge on any atom is 0.258 e. The monoisotopic (exact) mass is 432 g/mol. The van der Waals surface area contributed by atoms with Crippen molar-refractivity contribution in [3.05, 3.63) is 36.3 Å². The molecule has 0 unspecified atom stereocenters. The number of para-hydroxylation sites is 1. The van der Waals surface area contributed by atoms with E-state index in [2.05, 4.69) is 32.6 Å². The first-order chi connectivity index (χ1) is 14.6. The Labute approximate surface area is 178 Å². The summed E-state index contributed by atoms with van der Waals surface area (Å²) in [6.45, 7) is 5.48. The molecule has 0 atom stereocenters. The molecule has 0 saturated carbocycles. The predicted octanol–water partition coefficient (Wildman–Crippen LogP) is 3.09. The van der Waals surface area contributed by atoms with Crippen LogP contribution in [0.4, 0.5) is 10.2 Å². The number of fused-ring (bicyclic) bond motifs is 1. The maximum absolute atomic E-state index is 13.5. The fourth-order valence-electron chi connectivity index (χ4n) is 2.73. The van der Waals surface area contributed by atoms with E-state index < -0.39 is 5.82 Å². The van der Waals surface area contributed by atoms with E-state index >= 15 is 0 Å². The highest BCUT2D eigenvalue weighted by atomic mass is 32.2. The van der Waals surface area contributed by atoms with E-state index in [9.17, 15) is 9.18 Å². The Balaban J connectivity index is 1.60. The number of amides is 1. The SMILES string of the molecule is CCCNc1nc(SCC)nc2c1cnn2CCNC(=O)COc1ccccc1F. The number of benzene rings is 1. The average Bonchev–Trinajstić information content (AvgIpc) is 3.15. The van der Waals surface area contributed by atoms with Crippen LogP contribution in [0.2, 0.25) is 0 Å². The largest absolute Gasteiger partial charge is 0.481 e. The lowest BCUT2D eigenvalue weighted by Crippen LogP contribution is -2.31. The highest BCUT2D eigenvalue weighted by Crippen LogP contribution is 2.24. The van der Waals surface area contributed by atoms with Crippen LogP contribution < -0.4 is 15.4 Å². The summed E-state index contributed by atoms with van der Waals surface area (Å²) in [5.74, 6) is 0.852. The fourth-order valence-corrected chi connectivity index (χ4v) is 3.29. The molecular weight excluding hydrogens is 407 g/mol. The summed E-state index contributed by atoms with van der Waals surface area (Å²) in [5.41, 5.74) is 0.719. The van der Waals surface area contributed by atoms with Crippen molar-refractivity contribution in [2.75, 3.05) is 30.8 Å². The van der Waals surface area contributed by atoms with Crippen molar-refractivity contribution in [2.45, 2.75) is 32.0 Å². The van der Waals surface area contributed by atoms with E-state index in [-0.39, 0.29) is 18.3 Å². The van der Waals surface area contributed by atoms with Crippen LogP contribution >= 0.6 is 11.8 Å². The minimum atomic E-state index is -0.499. The number of rotatable bonds is 11. The number of halogens is 1. The number of aromatic nitrogens is 4. The first-order valence-electron chi connectivity index (χ1n) is 9.86. The third-order valence-electron chi connectivity index (χ3n) is 4.13. The third kappa shape index (κ3) is 5.59. The summed E-state index contributed by atoms with van der Waals surface area (Å²) in [6, 6.07) is 5.98. The summed E-state index contributed by atoms with van der Waals surface area (Å²) in [5, 5.41) is 12.0. The van der Waals surface area contributed by atoms with Gasteiger partial charge in [0, 0.05) is 13.1 Å². The Kier molecular flexibility index (Phi) is 7.83. The first-order valence-corrected chi connectivity index (χ1v) is 10.8. The number of hydrogen-bond acceptors (Lipinski definition) is 7. The van der Waals surface area contributed by atoms with Gasteiger partial charge in [-0.05, 0) is 24.3 Å². The molecule has 160 valence electrons. The van der Waals surface area contributed by atoms with Crippen molar-refractivity contribution in [1.29, 1.82) is 0 Å². The lowest BCUT2D eigenvalue weighted by Gasteiger charge is -2.10. The van der Waals surface area contributed by atoms with Gasteiger partial charge in [-0.2, -0.15) is 5.10 Å². The van der Waals surface area contributed by atoms with Crippen molar-refractivity contribution in [3.63, 3.8) is 0 Å². The lowest BCUT2D eigenvalue weighted by atomic mass is 10.3. The Morgan fingerprint density at radius 2 is 2.07 bits per heavy atom. The van der Waals surface area contributed by atoms with Gasteiger partial charge < -0.3 is 15.4 Å². The van der Waals surface area contributed by atoms with E-state index in [1.807, 2.05) is 6.92 Å². The lowest BCUT2D eigenvalue weighted by molar-refractivity contribution is -0.123. The smallest absolute Gasteiger partial charge is 0.258 e. The van der Waals surface area contributed by atoms with Gasteiger partial charge in [-0.15, -0.1) is 0 Å². The van der Waals surface area contributed by atoms with Gasteiger partial charge in [0.15, 0.2) is 29.0 Å². The number of nitrogens with zero attached hydrogens (tertiary/aromatic N) is 4. The number of thioether (sulfide) groups is 1. The van der Waals surface area contributed by atoms with Gasteiger partial charge in [0.25, 0.3) is 5.91 Å². The topological polar surface area (TPSA) is 94.0 Å². The van der Waals surface area contributed by atoms with E-state index in [4.69, 9.17) is 4.74 Å². The zero-order chi connectivity index (χ0) is 21.3. The van der Waals surface area contributed by atoms with E-state index in [1.165, 1.54) is 12.1 Å². The van der Waals surface area contributed by atoms with Crippen LogP contribution in [0.3, 0.4) is 0 Å². The molecule has 0 bridgehead atoms. The average molecular weight is 433 g/mol. The molecule has 0 saturated heterocycles. The molecule has 10 heteroatoms. The second kappa shape index (κ2) is 10.8. The van der Waals surface area contributed by atoms with Gasteiger partial charge >= 0.3 is 0 Å². The molecule has 3 rings (SSSR count). The summed E-state index contributed by atoms with van der Waals surface area (Å²) < 4.78 is 20.5. The van der Waals surface area contributed by atoms with Gasteiger partial charge in [0.2, 0.25) is 0 Å². The van der Waals surface area contributed by atoms with E-state index in [1.54, 1.807) is 34.8 Å². The minimum Gasteiger partial charge on any atom is -0.481 e. The van der Waals surface area contributed by atoms with Crippen molar-refractivity contribution < 1.29 is 13.9 Å². The van der Waals surface area contributed by atoms with Gasteiger partial charge in [-0.3, -0.25) is 4.79 Å². The van der Waals surface area contributed by atoms with Gasteiger partial charge in [-0.1, -0.05) is 37.7 Å². The maximum atomic E-state index is 13.5. The van der Waals surface area contributed by atoms with E-state index in [0.717, 1.165) is 35.6 Å². The van der Waals surface area contributed by atoms with Crippen molar-refractivity contribution >= 4 is 34.5 Å². The summed E-state index contributed by atoms with van der Waals surface area (Å²) in [4.78, 5) is 21.2. The van der Waals surface area contributed by atoms with Crippen LogP contribution in [-0.4, -0.2) is 51.1 Å². The summed E-state index contributed by atoms with van der Waals surface area (Å²) in [6.07, 6.45) is 2.72. The Morgan fingerprint density at radius 3 is 2.83 bits per heavy atom. The van der Waals surface area contributed by atoms with Crippen molar-refractivity contribution in [2.24, 2.45) is 0 Å². The zero-order valence-electron chi connectivity index (χ0n) is 17.0. The fraction of sp³-hybridized carbons (Fsp3) is 0.400. The van der Waals surface area contributed by atoms with Crippen LogP contribution in [0.15, 0.2) is 35.6 Å². The molecule has 1 aromatic carbocycles. The Morgan fingerprint density at radius 1 is 1.23 bits per heavy atom. The molecule has 0 aliphatic rings. The van der Waals surface area contributed by atoms with Gasteiger partial charge in [-0.25, -0.2) is 19.0 Å². The Bertz CT molecular complexity index is 997. The number of carbonyl (C=O) groups is 1. The highest BCUT2D eigenvalue weighted by molar-refractivity contribution is 7.99. The minimum absolute atomic E-state index is 0.0514. The van der Waals surface area contributed by atoms with Crippen molar-refractivity contribution in [3.8, 4) is 5.75 Å². The number of carbonyl (C=O) groups excluding carboxylic acids is 1. The number of nitrogens with one attached hydrogen (secondary N) is 2. The molecular formula is C20H25FN6O2S. The second-order valence-corrected chi connectivity index (χ2v) is 7.62. The normalized spacial score (nSPS) is 10.9. The van der Waals surface area contributed by atoms with Crippen LogP contribution in [0.1, 0.15) is 20.3 Å². The van der Waals surface area contributed by atoms with Crippen LogP contribution in [0.25, 0.3) is 11.0 Å². The molecule has 30 heavy (non-hydrogen) atoms.